The predicted molar refractivity (Wildman–Crippen MR) is 147 cm³/mol. The summed E-state index contributed by atoms with van der Waals surface area (Å²) in [4.78, 5) is 5.63. The Kier molecular flexibility index (Phi) is 7.63. The molecule has 0 spiro atoms. The average molecular weight is 611 g/mol. The maximum Gasteiger partial charge on any atom is 0.177 e. The smallest absolute Gasteiger partial charge is 0.177 e. The Labute approximate surface area is 216 Å². The van der Waals surface area contributed by atoms with Crippen LogP contribution in [0.1, 0.15) is 11.3 Å². The number of hydrogen-bond acceptors (Lipinski definition) is 7. The molecule has 0 aliphatic heterocycles. The highest BCUT2D eigenvalue weighted by molar-refractivity contribution is 14.2. The summed E-state index contributed by atoms with van der Waals surface area (Å²) >= 11 is 3.78. The lowest BCUT2D eigenvalue weighted by Gasteiger charge is -2.19. The molecule has 0 saturated carbocycles. The minimum Gasteiger partial charge on any atom is -0.492 e. The van der Waals surface area contributed by atoms with Crippen LogP contribution >= 0.6 is 40.2 Å². The number of hydrogen-bond donors (Lipinski definition) is 2. The minimum atomic E-state index is -0.348. The van der Waals surface area contributed by atoms with Crippen molar-refractivity contribution in [1.29, 1.82) is 0 Å². The quantitative estimate of drug-likeness (QED) is 0.135. The van der Waals surface area contributed by atoms with Crippen molar-refractivity contribution in [3.05, 3.63) is 53.7 Å². The van der Waals surface area contributed by atoms with Crippen LogP contribution in [0.15, 0.2) is 41.6 Å². The van der Waals surface area contributed by atoms with Crippen LogP contribution in [0.4, 0.5) is 27.5 Å². The van der Waals surface area contributed by atoms with E-state index in [1.807, 2.05) is 49.9 Å². The molecule has 1 unspecified atom stereocenters. The fourth-order valence-corrected chi connectivity index (χ4v) is 5.78. The van der Waals surface area contributed by atoms with Gasteiger partial charge in [-0.25, -0.2) is 13.8 Å². The number of methoxy groups -OCH3 is 1. The number of thioether (sulfide) groups is 1. The van der Waals surface area contributed by atoms with Gasteiger partial charge >= 0.3 is 0 Å². The number of nitrogens with zero attached hydrogens (tertiary/aromatic N) is 5. The summed E-state index contributed by atoms with van der Waals surface area (Å²) in [7, 11) is 3.46. The average Bonchev–Trinajstić information content (AvgIpc) is 3.41. The third-order valence-corrected chi connectivity index (χ3v) is 7.95. The van der Waals surface area contributed by atoms with Gasteiger partial charge in [-0.05, 0) is 60.3 Å². The molecule has 8 nitrogen and oxygen atoms in total. The molecule has 3 heterocycles. The van der Waals surface area contributed by atoms with Gasteiger partial charge in [0.05, 0.1) is 25.4 Å². The van der Waals surface area contributed by atoms with E-state index in [0.717, 1.165) is 27.3 Å². The number of pyridine rings is 1. The Morgan fingerprint density at radius 2 is 1.97 bits per heavy atom. The van der Waals surface area contributed by atoms with E-state index in [2.05, 4.69) is 42.9 Å². The maximum absolute atomic E-state index is 14.8. The molecule has 1 atom stereocenters. The summed E-state index contributed by atoms with van der Waals surface area (Å²) in [6.07, 6.45) is 6.06. The molecule has 0 aliphatic rings. The van der Waals surface area contributed by atoms with Gasteiger partial charge in [0, 0.05) is 46.6 Å². The lowest BCUT2D eigenvalue weighted by atomic mass is 10.0. The van der Waals surface area contributed by atoms with Crippen molar-refractivity contribution in [3.63, 3.8) is 0 Å². The number of ether oxygens (including phenoxy) is 1. The first-order chi connectivity index (χ1) is 16.3. The monoisotopic (exact) mass is 611 g/mol. The molecule has 0 saturated heterocycles. The summed E-state index contributed by atoms with van der Waals surface area (Å²) in [5, 5.41) is 15.4. The molecule has 1 aromatic carbocycles. The van der Waals surface area contributed by atoms with E-state index in [1.54, 1.807) is 24.1 Å². The Morgan fingerprint density at radius 1 is 1.18 bits per heavy atom. The molecule has 12 heteroatoms. The molecule has 0 fully saturated rings. The zero-order valence-electron chi connectivity index (χ0n) is 19.3. The molecular weight excluding hydrogens is 587 g/mol. The number of aryl methyl sites for hydroxylation is 2. The van der Waals surface area contributed by atoms with E-state index in [0.29, 0.717) is 35.3 Å². The fourth-order valence-electron chi connectivity index (χ4n) is 3.55. The Hall–Kier alpha value is -2.37. The molecule has 34 heavy (non-hydrogen) atoms. The number of benzene rings is 1. The zero-order valence-corrected chi connectivity index (χ0v) is 23.2. The van der Waals surface area contributed by atoms with Crippen molar-refractivity contribution in [2.75, 3.05) is 24.0 Å². The van der Waals surface area contributed by atoms with Gasteiger partial charge in [0.2, 0.25) is 0 Å². The van der Waals surface area contributed by atoms with Gasteiger partial charge in [-0.3, -0.25) is 4.68 Å². The van der Waals surface area contributed by atoms with Crippen molar-refractivity contribution in [1.82, 2.24) is 24.3 Å². The molecule has 2 N–H and O–H groups in total. The second-order valence-corrected chi connectivity index (χ2v) is 10.4. The molecule has 3 aromatic heterocycles. The Bertz CT molecular complexity index is 1340. The number of nitrogens with one attached hydrogen (secondary N) is 2. The molecule has 0 radical (unpaired) electrons. The van der Waals surface area contributed by atoms with Gasteiger partial charge in [-0.2, -0.15) is 10.2 Å². The SMILES string of the molecule is COc1c(Nc2cc(C)n(PI)n2)nc(Nc2ccc(SC)cc2F)c(C)c1-c1cnn(C)c1. The van der Waals surface area contributed by atoms with Gasteiger partial charge < -0.3 is 15.4 Å². The van der Waals surface area contributed by atoms with Crippen molar-refractivity contribution < 1.29 is 9.13 Å². The van der Waals surface area contributed by atoms with Crippen molar-refractivity contribution in [3.8, 4) is 16.9 Å². The van der Waals surface area contributed by atoms with Crippen LogP contribution in [0.25, 0.3) is 11.1 Å². The molecule has 4 rings (SSSR count). The highest BCUT2D eigenvalue weighted by Crippen LogP contribution is 2.42. The molecule has 4 aromatic rings. The van der Waals surface area contributed by atoms with Gasteiger partial charge in [0.15, 0.2) is 17.4 Å². The number of rotatable bonds is 8. The third kappa shape index (κ3) is 5.01. The molecule has 0 amide bonds. The van der Waals surface area contributed by atoms with Crippen molar-refractivity contribution in [2.45, 2.75) is 18.7 Å². The molecule has 178 valence electrons. The van der Waals surface area contributed by atoms with Crippen LogP contribution in [0.2, 0.25) is 0 Å². The maximum atomic E-state index is 14.8. The van der Waals surface area contributed by atoms with Gasteiger partial charge in [0.1, 0.15) is 11.6 Å². The summed E-state index contributed by atoms with van der Waals surface area (Å²) in [6.45, 7) is 3.92. The van der Waals surface area contributed by atoms with Gasteiger partial charge in [0.25, 0.3) is 0 Å². The summed E-state index contributed by atoms with van der Waals surface area (Å²) < 4.78 is 24.2. The highest BCUT2D eigenvalue weighted by Gasteiger charge is 2.22. The Morgan fingerprint density at radius 3 is 2.56 bits per heavy atom. The van der Waals surface area contributed by atoms with Gasteiger partial charge in [-0.1, -0.05) is 0 Å². The highest BCUT2D eigenvalue weighted by atomic mass is 127. The van der Waals surface area contributed by atoms with Crippen LogP contribution in [0.5, 0.6) is 5.75 Å². The summed E-state index contributed by atoms with van der Waals surface area (Å²) in [5.74, 6) is 1.83. The summed E-state index contributed by atoms with van der Waals surface area (Å²) in [5.41, 5.74) is 3.85. The first-order valence-corrected chi connectivity index (χ1v) is 15.5. The van der Waals surface area contributed by atoms with Crippen molar-refractivity contribution >= 4 is 63.3 Å². The summed E-state index contributed by atoms with van der Waals surface area (Å²) in [6, 6.07) is 7.05. The first-order valence-electron chi connectivity index (χ1n) is 10.2. The van der Waals surface area contributed by atoms with E-state index >= 15 is 0 Å². The van der Waals surface area contributed by atoms with E-state index in [4.69, 9.17) is 9.72 Å². The third-order valence-electron chi connectivity index (χ3n) is 5.24. The standard InChI is InChI=1S/C22H24FIN7OPS/c1-12-8-18(29-31(12)33-24)27-22-20(32-4)19(14-10-25-30(3)11-14)13(2)21(28-22)26-17-7-6-15(34-5)9-16(17)23/h6-11,33H,1-5H3,(H2,26,27,28,29). The molecular formula is C22H24FIN7OPS. The number of halogens is 2. The molecule has 0 aliphatic carbocycles. The molecule has 0 bridgehead atoms. The van der Waals surface area contributed by atoms with Crippen LogP contribution in [-0.4, -0.2) is 37.7 Å². The van der Waals surface area contributed by atoms with E-state index in [-0.39, 0.29) is 5.82 Å². The number of aromatic nitrogens is 5. The second-order valence-electron chi connectivity index (χ2n) is 7.51. The van der Waals surface area contributed by atoms with E-state index in [1.165, 1.54) is 17.8 Å². The normalized spacial score (nSPS) is 11.4. The van der Waals surface area contributed by atoms with Crippen LogP contribution in [0, 0.1) is 19.7 Å². The lowest BCUT2D eigenvalue weighted by molar-refractivity contribution is 0.416. The van der Waals surface area contributed by atoms with Crippen LogP contribution < -0.4 is 15.4 Å². The zero-order chi connectivity index (χ0) is 24.4. The Balaban J connectivity index is 1.85. The van der Waals surface area contributed by atoms with Crippen LogP contribution in [-0.2, 0) is 7.05 Å². The van der Waals surface area contributed by atoms with E-state index in [9.17, 15) is 4.39 Å². The topological polar surface area (TPSA) is 81.8 Å². The first kappa shape index (κ1) is 24.7. The van der Waals surface area contributed by atoms with Gasteiger partial charge in [-0.15, -0.1) is 11.8 Å². The predicted octanol–water partition coefficient (Wildman–Crippen LogP) is 6.44. The fraction of sp³-hybridized carbons (Fsp3) is 0.227. The lowest BCUT2D eigenvalue weighted by Crippen LogP contribution is -2.07. The largest absolute Gasteiger partial charge is 0.492 e. The van der Waals surface area contributed by atoms with E-state index < -0.39 is 0 Å². The minimum absolute atomic E-state index is 0.341. The van der Waals surface area contributed by atoms with Crippen LogP contribution in [0.3, 0.4) is 0 Å². The number of anilines is 4. The van der Waals surface area contributed by atoms with Crippen molar-refractivity contribution in [2.24, 2.45) is 7.05 Å². The second kappa shape index (κ2) is 10.5.